The van der Waals surface area contributed by atoms with Crippen molar-refractivity contribution in [3.05, 3.63) is 34.1 Å². The molecule has 1 aliphatic rings. The third-order valence-electron chi connectivity index (χ3n) is 4.18. The van der Waals surface area contributed by atoms with Crippen molar-refractivity contribution in [2.75, 3.05) is 0 Å². The van der Waals surface area contributed by atoms with E-state index in [1.807, 2.05) is 0 Å². The molecule has 0 heterocycles. The van der Waals surface area contributed by atoms with Crippen LogP contribution in [0.2, 0.25) is 0 Å². The zero-order valence-electron chi connectivity index (χ0n) is 10.7. The Kier molecular flexibility index (Phi) is 4.79. The molecule has 1 aromatic rings. The molecule has 18 heavy (non-hydrogen) atoms. The fraction of sp³-hybridized carbons (Fsp3) is 0.600. The molecule has 0 spiro atoms. The molecule has 3 heteroatoms. The molecule has 100 valence electrons. The molecule has 0 aromatic heterocycles. The topological polar surface area (TPSA) is 20.2 Å². The molecule has 3 atom stereocenters. The summed E-state index contributed by atoms with van der Waals surface area (Å²) in [6, 6.07) is 4.56. The van der Waals surface area contributed by atoms with Crippen LogP contribution in [0, 0.1) is 17.7 Å². The Hall–Kier alpha value is -0.410. The van der Waals surface area contributed by atoms with Crippen LogP contribution >= 0.6 is 15.9 Å². The molecule has 1 N–H and O–H groups in total. The molecule has 2 rings (SSSR count). The van der Waals surface area contributed by atoms with Crippen molar-refractivity contribution < 1.29 is 9.50 Å². The predicted octanol–water partition coefficient (Wildman–Crippen LogP) is 4.84. The molecule has 0 bridgehead atoms. The summed E-state index contributed by atoms with van der Waals surface area (Å²) in [6.07, 6.45) is 5.37. The monoisotopic (exact) mass is 314 g/mol. The van der Waals surface area contributed by atoms with E-state index in [-0.39, 0.29) is 5.82 Å². The summed E-state index contributed by atoms with van der Waals surface area (Å²) in [6.45, 7) is 2.19. The number of hydrogen-bond acceptors (Lipinski definition) is 1. The van der Waals surface area contributed by atoms with Crippen LogP contribution < -0.4 is 0 Å². The molecule has 0 aliphatic heterocycles. The molecule has 0 amide bonds. The number of hydrogen-bond donors (Lipinski definition) is 1. The summed E-state index contributed by atoms with van der Waals surface area (Å²) in [4.78, 5) is 0. The Labute approximate surface area is 117 Å². The van der Waals surface area contributed by atoms with E-state index in [9.17, 15) is 9.50 Å². The minimum atomic E-state index is -0.481. The smallest absolute Gasteiger partial charge is 0.124 e. The van der Waals surface area contributed by atoms with E-state index in [0.29, 0.717) is 16.3 Å². The first-order valence-corrected chi connectivity index (χ1v) is 7.55. The van der Waals surface area contributed by atoms with Crippen molar-refractivity contribution >= 4 is 15.9 Å². The molecule has 1 fully saturated rings. The van der Waals surface area contributed by atoms with Crippen LogP contribution in [0.4, 0.5) is 4.39 Å². The van der Waals surface area contributed by atoms with Gasteiger partial charge in [-0.1, -0.05) is 54.6 Å². The fourth-order valence-electron chi connectivity index (χ4n) is 3.13. The van der Waals surface area contributed by atoms with E-state index in [4.69, 9.17) is 0 Å². The van der Waals surface area contributed by atoms with Gasteiger partial charge in [-0.05, 0) is 36.0 Å². The second-order valence-corrected chi connectivity index (χ2v) is 6.08. The maximum atomic E-state index is 13.1. The van der Waals surface area contributed by atoms with Crippen molar-refractivity contribution in [3.63, 3.8) is 0 Å². The first kappa shape index (κ1) is 14.0. The van der Waals surface area contributed by atoms with Crippen LogP contribution in [-0.2, 0) is 0 Å². The third kappa shape index (κ3) is 2.94. The largest absolute Gasteiger partial charge is 0.388 e. The summed E-state index contributed by atoms with van der Waals surface area (Å²) in [5.74, 6) is 0.629. The number of aliphatic hydroxyl groups excluding tert-OH is 1. The molecule has 1 nitrogen and oxygen atoms in total. The van der Waals surface area contributed by atoms with Crippen LogP contribution in [0.3, 0.4) is 0 Å². The van der Waals surface area contributed by atoms with Gasteiger partial charge in [0.15, 0.2) is 0 Å². The van der Waals surface area contributed by atoms with E-state index in [0.717, 1.165) is 18.4 Å². The highest BCUT2D eigenvalue weighted by Gasteiger charge is 2.31. The maximum Gasteiger partial charge on any atom is 0.124 e. The van der Waals surface area contributed by atoms with Gasteiger partial charge < -0.3 is 5.11 Å². The zero-order chi connectivity index (χ0) is 13.1. The van der Waals surface area contributed by atoms with Crippen molar-refractivity contribution in [2.45, 2.75) is 45.1 Å². The normalized spacial score (nSPS) is 26.0. The van der Waals surface area contributed by atoms with Crippen LogP contribution in [0.15, 0.2) is 22.7 Å². The molecular weight excluding hydrogens is 295 g/mol. The number of rotatable bonds is 3. The number of aliphatic hydroxyl groups is 1. The van der Waals surface area contributed by atoms with Crippen molar-refractivity contribution in [2.24, 2.45) is 11.8 Å². The summed E-state index contributed by atoms with van der Waals surface area (Å²) in [5, 5.41) is 10.6. The Morgan fingerprint density at radius 2 is 2.11 bits per heavy atom. The van der Waals surface area contributed by atoms with Crippen LogP contribution in [-0.4, -0.2) is 5.11 Å². The molecule has 1 aliphatic carbocycles. The SMILES string of the molecule is CCC1CCCCC1C(O)c1ccc(F)cc1Br. The first-order valence-electron chi connectivity index (χ1n) is 6.76. The second-order valence-electron chi connectivity index (χ2n) is 5.23. The minimum absolute atomic E-state index is 0.270. The third-order valence-corrected chi connectivity index (χ3v) is 4.87. The van der Waals surface area contributed by atoms with Crippen LogP contribution in [0.5, 0.6) is 0 Å². The summed E-state index contributed by atoms with van der Waals surface area (Å²) in [7, 11) is 0. The highest BCUT2D eigenvalue weighted by molar-refractivity contribution is 9.10. The lowest BCUT2D eigenvalue weighted by molar-refractivity contribution is 0.0446. The fourth-order valence-corrected chi connectivity index (χ4v) is 3.72. The Balaban J connectivity index is 2.20. The van der Waals surface area contributed by atoms with Gasteiger partial charge in [0, 0.05) is 4.47 Å². The van der Waals surface area contributed by atoms with E-state index < -0.39 is 6.10 Å². The zero-order valence-corrected chi connectivity index (χ0v) is 12.3. The first-order chi connectivity index (χ1) is 8.63. The van der Waals surface area contributed by atoms with Gasteiger partial charge in [0.2, 0.25) is 0 Å². The Morgan fingerprint density at radius 1 is 1.39 bits per heavy atom. The molecule has 1 aromatic carbocycles. The summed E-state index contributed by atoms with van der Waals surface area (Å²) < 4.78 is 13.8. The lowest BCUT2D eigenvalue weighted by Gasteiger charge is -2.34. The van der Waals surface area contributed by atoms with Gasteiger partial charge in [-0.3, -0.25) is 0 Å². The summed E-state index contributed by atoms with van der Waals surface area (Å²) >= 11 is 3.36. The molecule has 1 saturated carbocycles. The van der Waals surface area contributed by atoms with E-state index in [1.165, 1.54) is 31.4 Å². The average Bonchev–Trinajstić information content (AvgIpc) is 2.38. The minimum Gasteiger partial charge on any atom is -0.388 e. The van der Waals surface area contributed by atoms with Gasteiger partial charge in [-0.2, -0.15) is 0 Å². The highest BCUT2D eigenvalue weighted by atomic mass is 79.9. The maximum absolute atomic E-state index is 13.1. The Bertz CT molecular complexity index is 407. The van der Waals surface area contributed by atoms with Crippen molar-refractivity contribution in [3.8, 4) is 0 Å². The number of halogens is 2. The lowest BCUT2D eigenvalue weighted by atomic mass is 9.73. The average molecular weight is 315 g/mol. The second kappa shape index (κ2) is 6.16. The predicted molar refractivity (Wildman–Crippen MR) is 74.8 cm³/mol. The molecule has 3 unspecified atom stereocenters. The van der Waals surface area contributed by atoms with Gasteiger partial charge in [-0.15, -0.1) is 0 Å². The van der Waals surface area contributed by atoms with Crippen LogP contribution in [0.25, 0.3) is 0 Å². The van der Waals surface area contributed by atoms with Gasteiger partial charge >= 0.3 is 0 Å². The number of benzene rings is 1. The van der Waals surface area contributed by atoms with E-state index in [1.54, 1.807) is 6.07 Å². The quantitative estimate of drug-likeness (QED) is 0.846. The molecule has 0 saturated heterocycles. The van der Waals surface area contributed by atoms with Gasteiger partial charge in [-0.25, -0.2) is 4.39 Å². The lowest BCUT2D eigenvalue weighted by Crippen LogP contribution is -2.25. The molecule has 0 radical (unpaired) electrons. The van der Waals surface area contributed by atoms with E-state index in [2.05, 4.69) is 22.9 Å². The summed E-state index contributed by atoms with van der Waals surface area (Å²) in [5.41, 5.74) is 0.821. The molecular formula is C15H20BrFO. The van der Waals surface area contributed by atoms with Crippen LogP contribution in [0.1, 0.15) is 50.7 Å². The van der Waals surface area contributed by atoms with Gasteiger partial charge in [0.1, 0.15) is 5.82 Å². The highest BCUT2D eigenvalue weighted by Crippen LogP contribution is 2.41. The Morgan fingerprint density at radius 3 is 2.78 bits per heavy atom. The van der Waals surface area contributed by atoms with Crippen molar-refractivity contribution in [1.82, 2.24) is 0 Å². The van der Waals surface area contributed by atoms with Crippen molar-refractivity contribution in [1.29, 1.82) is 0 Å². The van der Waals surface area contributed by atoms with Gasteiger partial charge in [0.05, 0.1) is 6.10 Å². The standard InChI is InChI=1S/C15H20BrFO/c1-2-10-5-3-4-6-12(10)15(18)13-8-7-11(17)9-14(13)16/h7-10,12,15,18H,2-6H2,1H3. The van der Waals surface area contributed by atoms with Gasteiger partial charge in [0.25, 0.3) is 0 Å². The van der Waals surface area contributed by atoms with E-state index >= 15 is 0 Å².